The van der Waals surface area contributed by atoms with Crippen molar-refractivity contribution in [1.82, 2.24) is 4.57 Å². The molecule has 0 atom stereocenters. The van der Waals surface area contributed by atoms with Gasteiger partial charge in [-0.1, -0.05) is 0 Å². The molecule has 6 nitrogen and oxygen atoms in total. The van der Waals surface area contributed by atoms with Crippen molar-refractivity contribution < 1.29 is 14.5 Å². The van der Waals surface area contributed by atoms with Crippen LogP contribution in [0.25, 0.3) is 10.9 Å². The van der Waals surface area contributed by atoms with Crippen molar-refractivity contribution in [2.75, 3.05) is 6.61 Å². The van der Waals surface area contributed by atoms with E-state index in [1.807, 2.05) is 0 Å². The maximum atomic E-state index is 11.9. The molecule has 0 aliphatic heterocycles. The lowest BCUT2D eigenvalue weighted by molar-refractivity contribution is -0.384. The fourth-order valence-corrected chi connectivity index (χ4v) is 2.22. The summed E-state index contributed by atoms with van der Waals surface area (Å²) < 4.78 is 6.70. The number of nitrogens with zero attached hydrogens (tertiary/aromatic N) is 2. The van der Waals surface area contributed by atoms with Gasteiger partial charge in [-0.05, 0) is 25.5 Å². The molecule has 19 heavy (non-hydrogen) atoms. The van der Waals surface area contributed by atoms with Gasteiger partial charge in [0.1, 0.15) is 5.69 Å². The van der Waals surface area contributed by atoms with Crippen molar-refractivity contribution in [2.24, 2.45) is 7.05 Å². The Labute approximate surface area is 109 Å². The maximum absolute atomic E-state index is 11.9. The molecular weight excluding hydrogens is 248 g/mol. The van der Waals surface area contributed by atoms with E-state index in [9.17, 15) is 14.9 Å². The van der Waals surface area contributed by atoms with Crippen LogP contribution in [0.4, 0.5) is 5.69 Å². The van der Waals surface area contributed by atoms with Crippen molar-refractivity contribution in [2.45, 2.75) is 13.8 Å². The first-order valence-corrected chi connectivity index (χ1v) is 5.88. The Morgan fingerprint density at radius 2 is 2.16 bits per heavy atom. The van der Waals surface area contributed by atoms with Crippen molar-refractivity contribution in [3.63, 3.8) is 0 Å². The molecule has 0 spiro atoms. The van der Waals surface area contributed by atoms with Gasteiger partial charge in [-0.3, -0.25) is 10.1 Å². The van der Waals surface area contributed by atoms with Crippen LogP contribution >= 0.6 is 0 Å². The standard InChI is InChI=1S/C13H14N2O4/c1-4-19-13(16)12-8(2)10-7-9(15(17)18)5-6-11(10)14(12)3/h5-7H,4H2,1-3H3. The van der Waals surface area contributed by atoms with E-state index < -0.39 is 10.9 Å². The van der Waals surface area contributed by atoms with Gasteiger partial charge in [0.05, 0.1) is 11.5 Å². The quantitative estimate of drug-likeness (QED) is 0.484. The molecular formula is C13H14N2O4. The minimum absolute atomic E-state index is 0.0107. The van der Waals surface area contributed by atoms with E-state index in [4.69, 9.17) is 4.74 Å². The highest BCUT2D eigenvalue weighted by molar-refractivity contribution is 5.99. The van der Waals surface area contributed by atoms with Gasteiger partial charge in [0.2, 0.25) is 0 Å². The first-order valence-electron chi connectivity index (χ1n) is 5.88. The maximum Gasteiger partial charge on any atom is 0.355 e. The number of hydrogen-bond donors (Lipinski definition) is 0. The van der Waals surface area contributed by atoms with E-state index in [1.165, 1.54) is 12.1 Å². The summed E-state index contributed by atoms with van der Waals surface area (Å²) in [5.41, 5.74) is 1.90. The van der Waals surface area contributed by atoms with Crippen LogP contribution < -0.4 is 0 Å². The zero-order valence-electron chi connectivity index (χ0n) is 11.0. The lowest BCUT2D eigenvalue weighted by atomic mass is 10.1. The number of hydrogen-bond acceptors (Lipinski definition) is 4. The normalized spacial score (nSPS) is 10.7. The monoisotopic (exact) mass is 262 g/mol. The predicted octanol–water partition coefficient (Wildman–Crippen LogP) is 2.57. The lowest BCUT2D eigenvalue weighted by Gasteiger charge is -2.04. The smallest absolute Gasteiger partial charge is 0.355 e. The molecule has 2 rings (SSSR count). The zero-order chi connectivity index (χ0) is 14.2. The number of aromatic nitrogens is 1. The lowest BCUT2D eigenvalue weighted by Crippen LogP contribution is -2.10. The second-order valence-electron chi connectivity index (χ2n) is 4.21. The number of non-ortho nitro benzene ring substituents is 1. The summed E-state index contributed by atoms with van der Waals surface area (Å²) in [7, 11) is 1.74. The van der Waals surface area contributed by atoms with Crippen LogP contribution in [0, 0.1) is 17.0 Å². The summed E-state index contributed by atoms with van der Waals surface area (Å²) in [4.78, 5) is 22.2. The van der Waals surface area contributed by atoms with Crippen molar-refractivity contribution in [3.8, 4) is 0 Å². The van der Waals surface area contributed by atoms with Crippen molar-refractivity contribution in [3.05, 3.63) is 39.6 Å². The second-order valence-corrected chi connectivity index (χ2v) is 4.21. The van der Waals surface area contributed by atoms with Crippen LogP contribution in [0.15, 0.2) is 18.2 Å². The summed E-state index contributed by atoms with van der Waals surface area (Å²) in [6.45, 7) is 3.79. The SMILES string of the molecule is CCOC(=O)c1c(C)c2cc([N+](=O)[O-])ccc2n1C. The largest absolute Gasteiger partial charge is 0.461 e. The predicted molar refractivity (Wildman–Crippen MR) is 70.3 cm³/mol. The van der Waals surface area contributed by atoms with Crippen LogP contribution in [-0.4, -0.2) is 22.1 Å². The second kappa shape index (κ2) is 4.72. The molecule has 0 bridgehead atoms. The molecule has 0 aliphatic carbocycles. The number of aryl methyl sites for hydroxylation is 2. The molecule has 6 heteroatoms. The van der Waals surface area contributed by atoms with Crippen molar-refractivity contribution >= 4 is 22.6 Å². The molecule has 2 aromatic rings. The third-order valence-electron chi connectivity index (χ3n) is 3.12. The van der Waals surface area contributed by atoms with E-state index in [-0.39, 0.29) is 5.69 Å². The number of benzene rings is 1. The van der Waals surface area contributed by atoms with E-state index >= 15 is 0 Å². The summed E-state index contributed by atoms with van der Waals surface area (Å²) in [6.07, 6.45) is 0. The first kappa shape index (κ1) is 13.1. The minimum atomic E-state index is -0.448. The molecule has 0 saturated carbocycles. The van der Waals surface area contributed by atoms with Gasteiger partial charge in [-0.15, -0.1) is 0 Å². The molecule has 0 aliphatic rings. The molecule has 100 valence electrons. The Balaban J connectivity index is 2.68. The molecule has 0 saturated heterocycles. The summed E-state index contributed by atoms with van der Waals surface area (Å²) in [5.74, 6) is -0.415. The molecule has 0 fully saturated rings. The van der Waals surface area contributed by atoms with Gasteiger partial charge in [-0.25, -0.2) is 4.79 Å². The van der Waals surface area contributed by atoms with Crippen LogP contribution in [0.1, 0.15) is 23.0 Å². The zero-order valence-corrected chi connectivity index (χ0v) is 11.0. The fourth-order valence-electron chi connectivity index (χ4n) is 2.22. The number of nitro groups is 1. The minimum Gasteiger partial charge on any atom is -0.461 e. The van der Waals surface area contributed by atoms with Gasteiger partial charge in [0.25, 0.3) is 5.69 Å². The molecule has 1 heterocycles. The highest BCUT2D eigenvalue weighted by atomic mass is 16.6. The number of rotatable bonds is 3. The highest BCUT2D eigenvalue weighted by Gasteiger charge is 2.20. The topological polar surface area (TPSA) is 74.4 Å². The van der Waals surface area contributed by atoms with Crippen LogP contribution in [0.5, 0.6) is 0 Å². The van der Waals surface area contributed by atoms with Crippen LogP contribution in [0.2, 0.25) is 0 Å². The van der Waals surface area contributed by atoms with Gasteiger partial charge < -0.3 is 9.30 Å². The van der Waals surface area contributed by atoms with Crippen LogP contribution in [0.3, 0.4) is 0 Å². The molecule has 0 N–H and O–H groups in total. The van der Waals surface area contributed by atoms with E-state index in [2.05, 4.69) is 0 Å². The Kier molecular flexibility index (Phi) is 3.25. The van der Waals surface area contributed by atoms with E-state index in [0.717, 1.165) is 5.52 Å². The van der Waals surface area contributed by atoms with E-state index in [1.54, 1.807) is 31.5 Å². The average molecular weight is 262 g/mol. The first-order chi connectivity index (χ1) is 8.97. The average Bonchev–Trinajstić information content (AvgIpc) is 2.62. The van der Waals surface area contributed by atoms with Crippen LogP contribution in [-0.2, 0) is 11.8 Å². The summed E-state index contributed by atoms with van der Waals surface area (Å²) >= 11 is 0. The number of ether oxygens (including phenoxy) is 1. The Hall–Kier alpha value is -2.37. The molecule has 0 radical (unpaired) electrons. The molecule has 1 aromatic carbocycles. The third-order valence-corrected chi connectivity index (χ3v) is 3.12. The fraction of sp³-hybridized carbons (Fsp3) is 0.308. The molecule has 0 amide bonds. The van der Waals surface area contributed by atoms with Gasteiger partial charge in [0, 0.05) is 30.1 Å². The van der Waals surface area contributed by atoms with Crippen molar-refractivity contribution in [1.29, 1.82) is 0 Å². The summed E-state index contributed by atoms with van der Waals surface area (Å²) in [5, 5.41) is 11.5. The third kappa shape index (κ3) is 2.05. The summed E-state index contributed by atoms with van der Waals surface area (Å²) in [6, 6.07) is 4.55. The highest BCUT2D eigenvalue weighted by Crippen LogP contribution is 2.28. The number of fused-ring (bicyclic) bond motifs is 1. The van der Waals surface area contributed by atoms with Gasteiger partial charge in [0.15, 0.2) is 0 Å². The Morgan fingerprint density at radius 3 is 2.74 bits per heavy atom. The number of carbonyl (C=O) groups excluding carboxylic acids is 1. The number of carbonyl (C=O) groups is 1. The number of nitro benzene ring substituents is 1. The van der Waals surface area contributed by atoms with Gasteiger partial charge in [-0.2, -0.15) is 0 Å². The molecule has 0 unspecified atom stereocenters. The Bertz CT molecular complexity index is 673. The Morgan fingerprint density at radius 1 is 1.47 bits per heavy atom. The van der Waals surface area contributed by atoms with Gasteiger partial charge >= 0.3 is 5.97 Å². The number of esters is 1. The molecule has 1 aromatic heterocycles. The van der Waals surface area contributed by atoms with E-state index in [0.29, 0.717) is 23.3 Å².